The number of rotatable bonds is 5. The van der Waals surface area contributed by atoms with Crippen molar-refractivity contribution in [3.8, 4) is 5.75 Å². The zero-order chi connectivity index (χ0) is 15.4. The highest BCUT2D eigenvalue weighted by molar-refractivity contribution is 5.89. The molecule has 6 heteroatoms. The van der Waals surface area contributed by atoms with Crippen molar-refractivity contribution in [1.29, 1.82) is 0 Å². The summed E-state index contributed by atoms with van der Waals surface area (Å²) in [4.78, 5) is 16.3. The average Bonchev–Trinajstić information content (AvgIpc) is 2.87. The minimum absolute atomic E-state index is 0.217. The Labute approximate surface area is 124 Å². The second kappa shape index (κ2) is 6.39. The van der Waals surface area contributed by atoms with E-state index in [-0.39, 0.29) is 17.8 Å². The van der Waals surface area contributed by atoms with Gasteiger partial charge < -0.3 is 10.1 Å². The number of carbonyl (C=O) groups excluding carboxylic acids is 1. The van der Waals surface area contributed by atoms with Crippen molar-refractivity contribution in [3.05, 3.63) is 36.3 Å². The number of aromatic nitrogens is 3. The van der Waals surface area contributed by atoms with Gasteiger partial charge in [-0.1, -0.05) is 6.07 Å². The van der Waals surface area contributed by atoms with Crippen LogP contribution >= 0.6 is 0 Å². The maximum atomic E-state index is 12.1. The smallest absolute Gasteiger partial charge is 0.362 e. The van der Waals surface area contributed by atoms with Crippen LogP contribution in [0.4, 0.5) is 5.82 Å². The maximum absolute atomic E-state index is 12.1. The zero-order valence-corrected chi connectivity index (χ0v) is 12.7. The normalized spacial score (nSPS) is 11.0. The fraction of sp³-hybridized carbons (Fsp3) is 0.400. The van der Waals surface area contributed by atoms with Crippen LogP contribution in [0.1, 0.15) is 44.2 Å². The van der Waals surface area contributed by atoms with E-state index in [0.717, 1.165) is 0 Å². The molecule has 0 bridgehead atoms. The first-order valence-corrected chi connectivity index (χ1v) is 6.95. The topological polar surface area (TPSA) is 69.0 Å². The standard InChI is InChI=1S/C15H20N4O2/c1-10(2)17-14-7-5-6-13(18-14)15(20)21-12-8-16-19(9-12)11(3)4/h5-11H,1-4H3,(H,17,18). The van der Waals surface area contributed by atoms with E-state index in [1.165, 1.54) is 6.20 Å². The van der Waals surface area contributed by atoms with Crippen LogP contribution in [0.2, 0.25) is 0 Å². The van der Waals surface area contributed by atoms with Crippen LogP contribution in [0.3, 0.4) is 0 Å². The highest BCUT2D eigenvalue weighted by Gasteiger charge is 2.13. The number of nitrogens with zero attached hydrogens (tertiary/aromatic N) is 3. The molecule has 112 valence electrons. The minimum Gasteiger partial charge on any atom is -0.418 e. The van der Waals surface area contributed by atoms with E-state index in [1.54, 1.807) is 23.0 Å². The van der Waals surface area contributed by atoms with Gasteiger partial charge in [-0.05, 0) is 39.8 Å². The third-order valence-corrected chi connectivity index (χ3v) is 2.71. The van der Waals surface area contributed by atoms with Gasteiger partial charge in [0.05, 0.1) is 12.4 Å². The van der Waals surface area contributed by atoms with Crippen LogP contribution in [-0.2, 0) is 0 Å². The number of hydrogen-bond acceptors (Lipinski definition) is 5. The predicted octanol–water partition coefficient (Wildman–Crippen LogP) is 2.90. The molecule has 0 spiro atoms. The molecule has 1 N–H and O–H groups in total. The molecule has 2 aromatic rings. The number of carbonyl (C=O) groups is 1. The first kappa shape index (κ1) is 15.0. The Balaban J connectivity index is 2.08. The van der Waals surface area contributed by atoms with Gasteiger partial charge in [0.25, 0.3) is 0 Å². The molecule has 2 aromatic heterocycles. The van der Waals surface area contributed by atoms with Gasteiger partial charge in [-0.2, -0.15) is 5.10 Å². The number of esters is 1. The molecule has 0 fully saturated rings. The molecule has 0 saturated heterocycles. The van der Waals surface area contributed by atoms with Crippen molar-refractivity contribution < 1.29 is 9.53 Å². The van der Waals surface area contributed by atoms with Crippen molar-refractivity contribution in [2.24, 2.45) is 0 Å². The SMILES string of the molecule is CC(C)Nc1cccc(C(=O)Oc2cnn(C(C)C)c2)n1. The lowest BCUT2D eigenvalue weighted by molar-refractivity contribution is 0.0728. The summed E-state index contributed by atoms with van der Waals surface area (Å²) >= 11 is 0. The summed E-state index contributed by atoms with van der Waals surface area (Å²) in [5.41, 5.74) is 0.262. The lowest BCUT2D eigenvalue weighted by atomic mass is 10.3. The van der Waals surface area contributed by atoms with Crippen LogP contribution in [0.5, 0.6) is 5.75 Å². The maximum Gasteiger partial charge on any atom is 0.362 e. The predicted molar refractivity (Wildman–Crippen MR) is 80.6 cm³/mol. The van der Waals surface area contributed by atoms with Gasteiger partial charge in [-0.3, -0.25) is 4.68 Å². The minimum atomic E-state index is -0.495. The van der Waals surface area contributed by atoms with Crippen molar-refractivity contribution >= 4 is 11.8 Å². The molecule has 0 radical (unpaired) electrons. The van der Waals surface area contributed by atoms with E-state index in [9.17, 15) is 4.79 Å². The van der Waals surface area contributed by atoms with Crippen molar-refractivity contribution in [3.63, 3.8) is 0 Å². The number of nitrogens with one attached hydrogen (secondary N) is 1. The molecule has 2 rings (SSSR count). The van der Waals surface area contributed by atoms with Gasteiger partial charge in [0, 0.05) is 12.1 Å². The van der Waals surface area contributed by atoms with Gasteiger partial charge in [0.15, 0.2) is 11.4 Å². The van der Waals surface area contributed by atoms with Crippen molar-refractivity contribution in [2.75, 3.05) is 5.32 Å². The van der Waals surface area contributed by atoms with Crippen LogP contribution in [0.15, 0.2) is 30.6 Å². The first-order valence-electron chi connectivity index (χ1n) is 6.95. The average molecular weight is 288 g/mol. The number of hydrogen-bond donors (Lipinski definition) is 1. The summed E-state index contributed by atoms with van der Waals surface area (Å²) in [6, 6.07) is 5.67. The number of pyridine rings is 1. The van der Waals surface area contributed by atoms with Crippen LogP contribution in [-0.4, -0.2) is 26.8 Å². The van der Waals surface area contributed by atoms with E-state index in [4.69, 9.17) is 4.74 Å². The van der Waals surface area contributed by atoms with Gasteiger partial charge in [-0.25, -0.2) is 9.78 Å². The lowest BCUT2D eigenvalue weighted by Crippen LogP contribution is -2.14. The van der Waals surface area contributed by atoms with Crippen molar-refractivity contribution in [2.45, 2.75) is 39.8 Å². The second-order valence-electron chi connectivity index (χ2n) is 5.35. The zero-order valence-electron chi connectivity index (χ0n) is 12.7. The summed E-state index contributed by atoms with van der Waals surface area (Å²) in [6.45, 7) is 8.02. The second-order valence-corrected chi connectivity index (χ2v) is 5.35. The molecule has 6 nitrogen and oxygen atoms in total. The largest absolute Gasteiger partial charge is 0.418 e. The van der Waals surface area contributed by atoms with Crippen LogP contribution in [0.25, 0.3) is 0 Å². The van der Waals surface area contributed by atoms with E-state index in [0.29, 0.717) is 11.6 Å². The monoisotopic (exact) mass is 288 g/mol. The molecule has 0 aliphatic heterocycles. The van der Waals surface area contributed by atoms with Gasteiger partial charge in [0.1, 0.15) is 5.82 Å². The molecule has 0 saturated carbocycles. The Hall–Kier alpha value is -2.37. The van der Waals surface area contributed by atoms with Crippen molar-refractivity contribution in [1.82, 2.24) is 14.8 Å². The summed E-state index contributed by atoms with van der Waals surface area (Å²) in [7, 11) is 0. The molecule has 2 heterocycles. The summed E-state index contributed by atoms with van der Waals surface area (Å²) in [6.07, 6.45) is 3.22. The first-order chi connectivity index (χ1) is 9.95. The molecule has 0 aliphatic rings. The Bertz CT molecular complexity index is 620. The van der Waals surface area contributed by atoms with E-state index >= 15 is 0 Å². The molecular weight excluding hydrogens is 268 g/mol. The summed E-state index contributed by atoms with van der Waals surface area (Å²) in [5, 5.41) is 7.27. The molecule has 21 heavy (non-hydrogen) atoms. The molecule has 0 aromatic carbocycles. The number of ether oxygens (including phenoxy) is 1. The quantitative estimate of drug-likeness (QED) is 0.857. The lowest BCUT2D eigenvalue weighted by Gasteiger charge is -2.09. The molecular formula is C15H20N4O2. The Kier molecular flexibility index (Phi) is 4.57. The Morgan fingerprint density at radius 2 is 2.05 bits per heavy atom. The van der Waals surface area contributed by atoms with Gasteiger partial charge >= 0.3 is 5.97 Å². The summed E-state index contributed by atoms with van der Waals surface area (Å²) < 4.78 is 7.01. The Morgan fingerprint density at radius 1 is 1.29 bits per heavy atom. The fourth-order valence-corrected chi connectivity index (χ4v) is 1.74. The van der Waals surface area contributed by atoms with Gasteiger partial charge in [-0.15, -0.1) is 0 Å². The third kappa shape index (κ3) is 4.05. The fourth-order valence-electron chi connectivity index (χ4n) is 1.74. The Morgan fingerprint density at radius 3 is 2.67 bits per heavy atom. The molecule has 0 aliphatic carbocycles. The molecule has 0 unspecified atom stereocenters. The summed E-state index contributed by atoms with van der Waals surface area (Å²) in [5.74, 6) is 0.570. The van der Waals surface area contributed by atoms with Crippen LogP contribution < -0.4 is 10.1 Å². The molecule has 0 atom stereocenters. The third-order valence-electron chi connectivity index (χ3n) is 2.71. The van der Waals surface area contributed by atoms with Gasteiger partial charge in [0.2, 0.25) is 0 Å². The van der Waals surface area contributed by atoms with E-state index < -0.39 is 5.97 Å². The van der Waals surface area contributed by atoms with Crippen LogP contribution in [0, 0.1) is 0 Å². The van der Waals surface area contributed by atoms with E-state index in [1.807, 2.05) is 33.8 Å². The highest BCUT2D eigenvalue weighted by Crippen LogP contribution is 2.14. The highest BCUT2D eigenvalue weighted by atomic mass is 16.5. The number of anilines is 1. The van der Waals surface area contributed by atoms with E-state index in [2.05, 4.69) is 15.4 Å². The molecule has 0 amide bonds.